The van der Waals surface area contributed by atoms with Crippen molar-refractivity contribution in [1.82, 2.24) is 5.32 Å². The van der Waals surface area contributed by atoms with E-state index in [0.717, 1.165) is 48.1 Å². The lowest BCUT2D eigenvalue weighted by Gasteiger charge is -2.16. The molecule has 0 bridgehead atoms. The maximum absolute atomic E-state index is 6.09. The highest BCUT2D eigenvalue weighted by molar-refractivity contribution is 9.10. The molecular formula is C21H24BrCl2NO3. The van der Waals surface area contributed by atoms with Gasteiger partial charge < -0.3 is 19.5 Å². The number of benzene rings is 2. The van der Waals surface area contributed by atoms with E-state index in [0.29, 0.717) is 40.9 Å². The fourth-order valence-corrected chi connectivity index (χ4v) is 4.02. The van der Waals surface area contributed by atoms with Gasteiger partial charge in [0.2, 0.25) is 0 Å². The van der Waals surface area contributed by atoms with Crippen LogP contribution in [0.3, 0.4) is 0 Å². The summed E-state index contributed by atoms with van der Waals surface area (Å²) < 4.78 is 18.3. The van der Waals surface area contributed by atoms with Crippen molar-refractivity contribution in [1.29, 1.82) is 0 Å². The van der Waals surface area contributed by atoms with Crippen molar-refractivity contribution in [3.8, 4) is 11.5 Å². The third-order valence-corrected chi connectivity index (χ3v) is 5.79. The molecule has 0 aliphatic carbocycles. The topological polar surface area (TPSA) is 39.7 Å². The van der Waals surface area contributed by atoms with Crippen molar-refractivity contribution < 1.29 is 14.2 Å². The predicted octanol–water partition coefficient (Wildman–Crippen LogP) is 6.00. The zero-order valence-electron chi connectivity index (χ0n) is 15.8. The maximum Gasteiger partial charge on any atom is 0.175 e. The second-order valence-electron chi connectivity index (χ2n) is 6.64. The summed E-state index contributed by atoms with van der Waals surface area (Å²) in [6, 6.07) is 9.54. The first-order valence-corrected chi connectivity index (χ1v) is 11.0. The van der Waals surface area contributed by atoms with Gasteiger partial charge in [-0.05, 0) is 71.1 Å². The first-order valence-electron chi connectivity index (χ1n) is 9.41. The Morgan fingerprint density at radius 3 is 2.71 bits per heavy atom. The van der Waals surface area contributed by atoms with Gasteiger partial charge in [-0.3, -0.25) is 0 Å². The maximum atomic E-state index is 6.09. The van der Waals surface area contributed by atoms with E-state index in [4.69, 9.17) is 37.4 Å². The molecule has 2 aromatic carbocycles. The van der Waals surface area contributed by atoms with Crippen LogP contribution in [-0.4, -0.2) is 25.9 Å². The molecule has 28 heavy (non-hydrogen) atoms. The van der Waals surface area contributed by atoms with Crippen LogP contribution in [-0.2, 0) is 17.9 Å². The summed E-state index contributed by atoms with van der Waals surface area (Å²) in [5.41, 5.74) is 2.06. The van der Waals surface area contributed by atoms with Gasteiger partial charge in [0.1, 0.15) is 6.61 Å². The van der Waals surface area contributed by atoms with Crippen LogP contribution in [0.25, 0.3) is 0 Å². The van der Waals surface area contributed by atoms with Crippen LogP contribution in [0.15, 0.2) is 34.8 Å². The third-order valence-electron chi connectivity index (χ3n) is 4.46. The van der Waals surface area contributed by atoms with Crippen molar-refractivity contribution >= 4 is 39.1 Å². The van der Waals surface area contributed by atoms with Crippen LogP contribution in [0, 0.1) is 0 Å². The Hall–Kier alpha value is -0.980. The molecule has 1 aliphatic heterocycles. The molecule has 7 heteroatoms. The van der Waals surface area contributed by atoms with E-state index in [2.05, 4.69) is 27.3 Å². The van der Waals surface area contributed by atoms with Gasteiger partial charge in [-0.15, -0.1) is 0 Å². The SMILES string of the molecule is CCOc1cc(CNCC2CCCO2)cc(Br)c1OCc1ccc(Cl)c(Cl)c1. The Labute approximate surface area is 184 Å². The van der Waals surface area contributed by atoms with E-state index < -0.39 is 0 Å². The van der Waals surface area contributed by atoms with Gasteiger partial charge >= 0.3 is 0 Å². The van der Waals surface area contributed by atoms with Crippen LogP contribution in [0.5, 0.6) is 11.5 Å². The van der Waals surface area contributed by atoms with Gasteiger partial charge in [0.15, 0.2) is 11.5 Å². The van der Waals surface area contributed by atoms with E-state index >= 15 is 0 Å². The van der Waals surface area contributed by atoms with Crippen molar-refractivity contribution in [2.75, 3.05) is 19.8 Å². The molecule has 152 valence electrons. The van der Waals surface area contributed by atoms with Crippen molar-refractivity contribution in [2.45, 2.75) is 39.0 Å². The second kappa shape index (κ2) is 10.7. The lowest BCUT2D eigenvalue weighted by atomic mass is 10.2. The molecule has 0 spiro atoms. The smallest absolute Gasteiger partial charge is 0.175 e. The summed E-state index contributed by atoms with van der Waals surface area (Å²) >= 11 is 15.7. The number of halogens is 3. The molecule has 1 aliphatic rings. The first-order chi connectivity index (χ1) is 13.6. The third kappa shape index (κ3) is 6.01. The molecule has 0 saturated carbocycles. The average molecular weight is 489 g/mol. The number of nitrogens with one attached hydrogen (secondary N) is 1. The van der Waals surface area contributed by atoms with Crippen LogP contribution in [0.2, 0.25) is 10.0 Å². The zero-order valence-corrected chi connectivity index (χ0v) is 18.9. The highest BCUT2D eigenvalue weighted by atomic mass is 79.9. The van der Waals surface area contributed by atoms with E-state index in [1.807, 2.05) is 25.1 Å². The average Bonchev–Trinajstić information content (AvgIpc) is 3.17. The molecule has 1 fully saturated rings. The number of rotatable bonds is 9. The van der Waals surface area contributed by atoms with Gasteiger partial charge in [-0.1, -0.05) is 29.3 Å². The highest BCUT2D eigenvalue weighted by Gasteiger charge is 2.16. The van der Waals surface area contributed by atoms with E-state index in [-0.39, 0.29) is 0 Å². The van der Waals surface area contributed by atoms with E-state index in [9.17, 15) is 0 Å². The molecule has 4 nitrogen and oxygen atoms in total. The molecule has 1 atom stereocenters. The minimum atomic E-state index is 0.323. The van der Waals surface area contributed by atoms with Gasteiger partial charge in [-0.2, -0.15) is 0 Å². The van der Waals surface area contributed by atoms with Crippen LogP contribution < -0.4 is 14.8 Å². The Bertz CT molecular complexity index is 797. The summed E-state index contributed by atoms with van der Waals surface area (Å²) in [5, 5.41) is 4.50. The van der Waals surface area contributed by atoms with Crippen molar-refractivity contribution in [3.05, 3.63) is 56.0 Å². The minimum Gasteiger partial charge on any atom is -0.490 e. The van der Waals surface area contributed by atoms with Crippen LogP contribution in [0.4, 0.5) is 0 Å². The lowest BCUT2D eigenvalue weighted by Crippen LogP contribution is -2.25. The Morgan fingerprint density at radius 1 is 1.14 bits per heavy atom. The largest absolute Gasteiger partial charge is 0.490 e. The monoisotopic (exact) mass is 487 g/mol. The first kappa shape index (κ1) is 21.7. The Balaban J connectivity index is 1.66. The molecule has 3 rings (SSSR count). The van der Waals surface area contributed by atoms with Crippen molar-refractivity contribution in [2.24, 2.45) is 0 Å². The standard InChI is InChI=1S/C21H24BrCl2NO3/c1-2-26-20-10-15(11-25-12-16-4-3-7-27-16)8-17(22)21(20)28-13-14-5-6-18(23)19(24)9-14/h5-6,8-10,16,25H,2-4,7,11-13H2,1H3. The molecule has 1 heterocycles. The van der Waals surface area contributed by atoms with E-state index in [1.165, 1.54) is 0 Å². The summed E-state index contributed by atoms with van der Waals surface area (Å²) in [4.78, 5) is 0. The van der Waals surface area contributed by atoms with Gasteiger partial charge in [0.25, 0.3) is 0 Å². The molecule has 0 aromatic heterocycles. The molecule has 0 radical (unpaired) electrons. The highest BCUT2D eigenvalue weighted by Crippen LogP contribution is 2.37. The number of hydrogen-bond acceptors (Lipinski definition) is 4. The minimum absolute atomic E-state index is 0.323. The molecule has 0 amide bonds. The summed E-state index contributed by atoms with van der Waals surface area (Å²) in [6.45, 7) is 5.35. The Morgan fingerprint density at radius 2 is 2.00 bits per heavy atom. The summed E-state index contributed by atoms with van der Waals surface area (Å²) in [7, 11) is 0. The molecular weight excluding hydrogens is 465 g/mol. The van der Waals surface area contributed by atoms with Crippen LogP contribution in [0.1, 0.15) is 30.9 Å². The summed E-state index contributed by atoms with van der Waals surface area (Å²) in [5.74, 6) is 1.39. The quantitative estimate of drug-likeness (QED) is 0.469. The van der Waals surface area contributed by atoms with E-state index in [1.54, 1.807) is 6.07 Å². The second-order valence-corrected chi connectivity index (χ2v) is 8.31. The predicted molar refractivity (Wildman–Crippen MR) is 117 cm³/mol. The zero-order chi connectivity index (χ0) is 19.9. The molecule has 2 aromatic rings. The van der Waals surface area contributed by atoms with Gasteiger partial charge in [0, 0.05) is 19.7 Å². The summed E-state index contributed by atoms with van der Waals surface area (Å²) in [6.07, 6.45) is 2.60. The fourth-order valence-electron chi connectivity index (χ4n) is 3.09. The van der Waals surface area contributed by atoms with Crippen molar-refractivity contribution in [3.63, 3.8) is 0 Å². The number of hydrogen-bond donors (Lipinski definition) is 1. The van der Waals surface area contributed by atoms with Crippen LogP contribution >= 0.6 is 39.1 Å². The Kier molecular flexibility index (Phi) is 8.30. The normalized spacial score (nSPS) is 16.4. The fraction of sp³-hybridized carbons (Fsp3) is 0.429. The van der Waals surface area contributed by atoms with Gasteiger partial charge in [0.05, 0.1) is 27.2 Å². The van der Waals surface area contributed by atoms with Gasteiger partial charge in [-0.25, -0.2) is 0 Å². The molecule has 1 unspecified atom stereocenters. The number of ether oxygens (including phenoxy) is 3. The molecule has 1 saturated heterocycles. The molecule has 1 N–H and O–H groups in total. The lowest BCUT2D eigenvalue weighted by molar-refractivity contribution is 0.110.